The highest BCUT2D eigenvalue weighted by Gasteiger charge is 2.10. The Bertz CT molecular complexity index is 580. The summed E-state index contributed by atoms with van der Waals surface area (Å²) in [6.45, 7) is 4.36. The van der Waals surface area contributed by atoms with Gasteiger partial charge in [-0.05, 0) is 62.7 Å². The van der Waals surface area contributed by atoms with Crippen LogP contribution >= 0.6 is 27.7 Å². The molecule has 21 heavy (non-hydrogen) atoms. The predicted octanol–water partition coefficient (Wildman–Crippen LogP) is 4.99. The predicted molar refractivity (Wildman–Crippen MR) is 97.3 cm³/mol. The Labute approximate surface area is 140 Å². The molecule has 0 aliphatic carbocycles. The zero-order valence-electron chi connectivity index (χ0n) is 12.8. The molecule has 2 aromatic carbocycles. The molecule has 0 saturated heterocycles. The topological polar surface area (TPSA) is 12.0 Å². The molecule has 112 valence electrons. The molecule has 3 heteroatoms. The number of halogens is 1. The van der Waals surface area contributed by atoms with E-state index in [4.69, 9.17) is 0 Å². The number of benzene rings is 2. The van der Waals surface area contributed by atoms with Gasteiger partial charge in [-0.2, -0.15) is 0 Å². The van der Waals surface area contributed by atoms with E-state index in [9.17, 15) is 0 Å². The summed E-state index contributed by atoms with van der Waals surface area (Å²) < 4.78 is 1.13. The number of thioether (sulfide) groups is 1. The minimum Gasteiger partial charge on any atom is -0.316 e. The fourth-order valence-corrected chi connectivity index (χ4v) is 3.53. The van der Waals surface area contributed by atoms with Gasteiger partial charge >= 0.3 is 0 Å². The second-order valence-electron chi connectivity index (χ2n) is 5.38. The zero-order valence-corrected chi connectivity index (χ0v) is 15.2. The van der Waals surface area contributed by atoms with Crippen LogP contribution < -0.4 is 5.32 Å². The lowest BCUT2D eigenvalue weighted by Gasteiger charge is -2.17. The second-order valence-corrected chi connectivity index (χ2v) is 7.39. The van der Waals surface area contributed by atoms with Gasteiger partial charge in [0.15, 0.2) is 0 Å². The first-order chi connectivity index (χ1) is 10.1. The van der Waals surface area contributed by atoms with Crippen molar-refractivity contribution in [2.24, 2.45) is 0 Å². The van der Waals surface area contributed by atoms with E-state index >= 15 is 0 Å². The summed E-state index contributed by atoms with van der Waals surface area (Å²) in [7, 11) is 2.05. The van der Waals surface area contributed by atoms with Crippen molar-refractivity contribution >= 4 is 27.7 Å². The Morgan fingerprint density at radius 3 is 2.48 bits per heavy atom. The van der Waals surface area contributed by atoms with E-state index in [0.717, 1.165) is 16.6 Å². The van der Waals surface area contributed by atoms with Gasteiger partial charge in [0, 0.05) is 21.2 Å². The van der Waals surface area contributed by atoms with E-state index in [1.807, 2.05) is 11.8 Å². The third kappa shape index (κ3) is 5.17. The van der Waals surface area contributed by atoms with E-state index in [0.29, 0.717) is 6.04 Å². The highest BCUT2D eigenvalue weighted by molar-refractivity contribution is 9.10. The maximum absolute atomic E-state index is 3.48. The van der Waals surface area contributed by atoms with Crippen LogP contribution in [0.1, 0.15) is 16.7 Å². The van der Waals surface area contributed by atoms with Crippen molar-refractivity contribution in [1.29, 1.82) is 0 Å². The number of likely N-dealkylation sites (N-methyl/N-ethyl adjacent to an activating group) is 1. The summed E-state index contributed by atoms with van der Waals surface area (Å²) >= 11 is 5.38. The van der Waals surface area contributed by atoms with E-state index in [1.165, 1.54) is 21.6 Å². The molecule has 1 atom stereocenters. The Balaban J connectivity index is 1.96. The average molecular weight is 364 g/mol. The Morgan fingerprint density at radius 1 is 1.10 bits per heavy atom. The number of hydrogen-bond donors (Lipinski definition) is 1. The number of aryl methyl sites for hydroxylation is 2. The third-order valence-electron chi connectivity index (χ3n) is 3.64. The molecule has 2 rings (SSSR count). The number of rotatable bonds is 6. The molecule has 0 heterocycles. The molecule has 0 aromatic heterocycles. The van der Waals surface area contributed by atoms with Crippen LogP contribution in [0.3, 0.4) is 0 Å². The van der Waals surface area contributed by atoms with E-state index in [1.54, 1.807) is 0 Å². The summed E-state index contributed by atoms with van der Waals surface area (Å²) in [5, 5.41) is 3.45. The molecular formula is C18H22BrNS. The minimum atomic E-state index is 0.485. The van der Waals surface area contributed by atoms with Gasteiger partial charge in [0.1, 0.15) is 0 Å². The SMILES string of the molecule is CNC(CSc1ccc(Br)cc1)Cc1cc(C)ccc1C. The Morgan fingerprint density at radius 2 is 1.81 bits per heavy atom. The first kappa shape index (κ1) is 16.6. The monoisotopic (exact) mass is 363 g/mol. The first-order valence-corrected chi connectivity index (χ1v) is 8.98. The fourth-order valence-electron chi connectivity index (χ4n) is 2.26. The van der Waals surface area contributed by atoms with E-state index in [-0.39, 0.29) is 0 Å². The lowest BCUT2D eigenvalue weighted by molar-refractivity contribution is 0.615. The van der Waals surface area contributed by atoms with Gasteiger partial charge in [-0.25, -0.2) is 0 Å². The summed E-state index contributed by atoms with van der Waals surface area (Å²) in [5.41, 5.74) is 4.17. The fraction of sp³-hybridized carbons (Fsp3) is 0.333. The minimum absolute atomic E-state index is 0.485. The lowest BCUT2D eigenvalue weighted by Crippen LogP contribution is -2.30. The van der Waals surface area contributed by atoms with Crippen LogP contribution in [0.5, 0.6) is 0 Å². The zero-order chi connectivity index (χ0) is 15.2. The summed E-state index contributed by atoms with van der Waals surface area (Å²) in [5.74, 6) is 1.07. The largest absolute Gasteiger partial charge is 0.316 e. The quantitative estimate of drug-likeness (QED) is 0.725. The number of nitrogens with one attached hydrogen (secondary N) is 1. The number of hydrogen-bond acceptors (Lipinski definition) is 2. The molecule has 0 spiro atoms. The van der Waals surface area contributed by atoms with Crippen LogP contribution in [0, 0.1) is 13.8 Å². The van der Waals surface area contributed by atoms with Crippen molar-refractivity contribution < 1.29 is 0 Å². The standard InChI is InChI=1S/C18H22BrNS/c1-13-4-5-14(2)15(10-13)11-17(20-3)12-21-18-8-6-16(19)7-9-18/h4-10,17,20H,11-12H2,1-3H3. The summed E-state index contributed by atoms with van der Waals surface area (Å²) in [6.07, 6.45) is 1.08. The molecular weight excluding hydrogens is 342 g/mol. The van der Waals surface area contributed by atoms with Gasteiger partial charge in [-0.3, -0.25) is 0 Å². The Kier molecular flexibility index (Phi) is 6.34. The maximum atomic E-state index is 3.48. The van der Waals surface area contributed by atoms with Crippen LogP contribution in [0.15, 0.2) is 51.8 Å². The van der Waals surface area contributed by atoms with Crippen LogP contribution in [-0.4, -0.2) is 18.8 Å². The van der Waals surface area contributed by atoms with Gasteiger partial charge in [0.25, 0.3) is 0 Å². The van der Waals surface area contributed by atoms with Gasteiger partial charge in [0.2, 0.25) is 0 Å². The molecule has 0 aliphatic heterocycles. The molecule has 0 aliphatic rings. The lowest BCUT2D eigenvalue weighted by atomic mass is 10.00. The molecule has 0 saturated carbocycles. The summed E-state index contributed by atoms with van der Waals surface area (Å²) in [4.78, 5) is 1.32. The van der Waals surface area contributed by atoms with Crippen molar-refractivity contribution in [2.45, 2.75) is 31.2 Å². The van der Waals surface area contributed by atoms with Gasteiger partial charge < -0.3 is 5.32 Å². The van der Waals surface area contributed by atoms with Crippen LogP contribution in [-0.2, 0) is 6.42 Å². The maximum Gasteiger partial charge on any atom is 0.0199 e. The molecule has 1 unspecified atom stereocenters. The van der Waals surface area contributed by atoms with Crippen molar-refractivity contribution in [3.05, 3.63) is 63.6 Å². The molecule has 0 bridgehead atoms. The molecule has 0 amide bonds. The van der Waals surface area contributed by atoms with Gasteiger partial charge in [-0.15, -0.1) is 11.8 Å². The highest BCUT2D eigenvalue weighted by Crippen LogP contribution is 2.22. The van der Waals surface area contributed by atoms with Gasteiger partial charge in [0.05, 0.1) is 0 Å². The van der Waals surface area contributed by atoms with Crippen LogP contribution in [0.2, 0.25) is 0 Å². The Hall–Kier alpha value is -0.770. The highest BCUT2D eigenvalue weighted by atomic mass is 79.9. The average Bonchev–Trinajstić information content (AvgIpc) is 2.48. The van der Waals surface area contributed by atoms with E-state index < -0.39 is 0 Å². The first-order valence-electron chi connectivity index (χ1n) is 7.20. The van der Waals surface area contributed by atoms with Crippen LogP contribution in [0.25, 0.3) is 0 Å². The van der Waals surface area contributed by atoms with Crippen LogP contribution in [0.4, 0.5) is 0 Å². The molecule has 1 N–H and O–H groups in total. The van der Waals surface area contributed by atoms with Gasteiger partial charge in [-0.1, -0.05) is 39.7 Å². The smallest absolute Gasteiger partial charge is 0.0199 e. The molecule has 0 fully saturated rings. The molecule has 1 nitrogen and oxygen atoms in total. The van der Waals surface area contributed by atoms with Crippen molar-refractivity contribution in [2.75, 3.05) is 12.8 Å². The second kappa shape index (κ2) is 8.02. The third-order valence-corrected chi connectivity index (χ3v) is 5.35. The van der Waals surface area contributed by atoms with Crippen molar-refractivity contribution in [3.63, 3.8) is 0 Å². The van der Waals surface area contributed by atoms with Crippen molar-refractivity contribution in [3.8, 4) is 0 Å². The molecule has 0 radical (unpaired) electrons. The normalized spacial score (nSPS) is 12.4. The van der Waals surface area contributed by atoms with Crippen molar-refractivity contribution in [1.82, 2.24) is 5.32 Å². The molecule has 2 aromatic rings. The summed E-state index contributed by atoms with van der Waals surface area (Å²) in [6, 6.07) is 15.7. The van der Waals surface area contributed by atoms with E-state index in [2.05, 4.69) is 84.6 Å².